The molecule has 0 spiro atoms. The van der Waals surface area contributed by atoms with Gasteiger partial charge in [0.2, 0.25) is 0 Å². The molecule has 0 unspecified atom stereocenters. The molecule has 21 heavy (non-hydrogen) atoms. The summed E-state index contributed by atoms with van der Waals surface area (Å²) in [4.78, 5) is 4.26. The summed E-state index contributed by atoms with van der Waals surface area (Å²) in [6.07, 6.45) is 1.55. The van der Waals surface area contributed by atoms with Gasteiger partial charge in [0, 0.05) is 23.0 Å². The third kappa shape index (κ3) is 2.45. The molecular formula is C16H14FN3O. The molecular weight excluding hydrogens is 269 g/mol. The third-order valence-corrected chi connectivity index (χ3v) is 3.26. The summed E-state index contributed by atoms with van der Waals surface area (Å²) < 4.78 is 19.0. The van der Waals surface area contributed by atoms with E-state index in [1.54, 1.807) is 25.4 Å². The number of halogens is 1. The molecule has 2 aromatic carbocycles. The number of hydrogen-bond donors (Lipinski definition) is 2. The second kappa shape index (κ2) is 5.28. The fourth-order valence-electron chi connectivity index (χ4n) is 2.19. The Bertz CT molecular complexity index is 787. The maximum Gasteiger partial charge on any atom is 0.140 e. The number of benzene rings is 2. The van der Waals surface area contributed by atoms with Gasteiger partial charge in [-0.1, -0.05) is 0 Å². The van der Waals surface area contributed by atoms with E-state index in [2.05, 4.69) is 10.3 Å². The molecule has 0 saturated carbocycles. The molecule has 0 amide bonds. The fraction of sp³-hybridized carbons (Fsp3) is 0.0625. The van der Waals surface area contributed by atoms with Crippen LogP contribution < -0.4 is 15.8 Å². The van der Waals surface area contributed by atoms with E-state index in [9.17, 15) is 4.39 Å². The molecule has 0 radical (unpaired) electrons. The van der Waals surface area contributed by atoms with Crippen LogP contribution in [-0.2, 0) is 0 Å². The second-order valence-electron chi connectivity index (χ2n) is 4.57. The Morgan fingerprint density at radius 3 is 2.57 bits per heavy atom. The van der Waals surface area contributed by atoms with Crippen molar-refractivity contribution in [1.82, 2.24) is 4.98 Å². The number of rotatable bonds is 3. The third-order valence-electron chi connectivity index (χ3n) is 3.26. The van der Waals surface area contributed by atoms with E-state index in [4.69, 9.17) is 10.5 Å². The van der Waals surface area contributed by atoms with Gasteiger partial charge in [-0.2, -0.15) is 0 Å². The Labute approximate surface area is 121 Å². The molecule has 1 aromatic heterocycles. The lowest BCUT2D eigenvalue weighted by atomic mass is 10.1. The van der Waals surface area contributed by atoms with E-state index in [1.165, 1.54) is 6.07 Å². The van der Waals surface area contributed by atoms with Crippen LogP contribution in [0.1, 0.15) is 0 Å². The smallest absolute Gasteiger partial charge is 0.140 e. The number of nitrogens with one attached hydrogen (secondary N) is 1. The minimum atomic E-state index is -0.320. The van der Waals surface area contributed by atoms with Crippen LogP contribution in [0.2, 0.25) is 0 Å². The van der Waals surface area contributed by atoms with Crippen molar-refractivity contribution in [2.24, 2.45) is 0 Å². The highest BCUT2D eigenvalue weighted by molar-refractivity contribution is 6.01. The first-order valence-corrected chi connectivity index (χ1v) is 6.43. The molecule has 106 valence electrons. The number of nitrogens with zero attached hydrogens (tertiary/aromatic N) is 1. The number of aromatic nitrogens is 1. The van der Waals surface area contributed by atoms with E-state index in [0.717, 1.165) is 11.4 Å². The van der Waals surface area contributed by atoms with Crippen molar-refractivity contribution in [1.29, 1.82) is 0 Å². The zero-order chi connectivity index (χ0) is 14.8. The van der Waals surface area contributed by atoms with Crippen LogP contribution in [0.5, 0.6) is 5.75 Å². The number of nitrogens with two attached hydrogens (primary N) is 1. The molecule has 0 aliphatic heterocycles. The molecule has 0 saturated heterocycles. The van der Waals surface area contributed by atoms with Crippen molar-refractivity contribution < 1.29 is 9.13 Å². The van der Waals surface area contributed by atoms with Gasteiger partial charge in [0.1, 0.15) is 17.4 Å². The predicted molar refractivity (Wildman–Crippen MR) is 82.4 cm³/mol. The topological polar surface area (TPSA) is 60.2 Å². The molecule has 0 fully saturated rings. The summed E-state index contributed by atoms with van der Waals surface area (Å²) in [5.41, 5.74) is 7.26. The van der Waals surface area contributed by atoms with Gasteiger partial charge in [0.25, 0.3) is 0 Å². The molecule has 0 aliphatic rings. The normalized spacial score (nSPS) is 10.6. The van der Waals surface area contributed by atoms with Crippen molar-refractivity contribution >= 4 is 28.0 Å². The van der Waals surface area contributed by atoms with Crippen molar-refractivity contribution in [3.8, 4) is 5.75 Å². The highest BCUT2D eigenvalue weighted by Gasteiger charge is 2.10. The van der Waals surface area contributed by atoms with E-state index in [0.29, 0.717) is 22.3 Å². The van der Waals surface area contributed by atoms with E-state index in [1.807, 2.05) is 24.3 Å². The molecule has 4 nitrogen and oxygen atoms in total. The Kier molecular flexibility index (Phi) is 3.31. The van der Waals surface area contributed by atoms with Crippen molar-refractivity contribution in [3.05, 3.63) is 54.5 Å². The van der Waals surface area contributed by atoms with Crippen LogP contribution in [0.15, 0.2) is 48.7 Å². The lowest BCUT2D eigenvalue weighted by Gasteiger charge is -2.11. The van der Waals surface area contributed by atoms with Gasteiger partial charge in [-0.15, -0.1) is 0 Å². The molecule has 0 aliphatic carbocycles. The first-order chi connectivity index (χ1) is 10.2. The fourth-order valence-corrected chi connectivity index (χ4v) is 2.19. The van der Waals surface area contributed by atoms with Gasteiger partial charge in [-0.25, -0.2) is 9.37 Å². The highest BCUT2D eigenvalue weighted by atomic mass is 19.1. The average Bonchev–Trinajstić information content (AvgIpc) is 2.52. The minimum Gasteiger partial charge on any atom is -0.497 e. The largest absolute Gasteiger partial charge is 0.497 e. The Morgan fingerprint density at radius 2 is 1.86 bits per heavy atom. The van der Waals surface area contributed by atoms with E-state index < -0.39 is 0 Å². The van der Waals surface area contributed by atoms with Crippen LogP contribution in [0.4, 0.5) is 21.6 Å². The van der Waals surface area contributed by atoms with Gasteiger partial charge in [-0.3, -0.25) is 0 Å². The zero-order valence-corrected chi connectivity index (χ0v) is 11.4. The van der Waals surface area contributed by atoms with Crippen molar-refractivity contribution in [2.75, 3.05) is 18.2 Å². The van der Waals surface area contributed by atoms with Crippen LogP contribution in [0, 0.1) is 5.82 Å². The van der Waals surface area contributed by atoms with Gasteiger partial charge in [0.15, 0.2) is 0 Å². The monoisotopic (exact) mass is 283 g/mol. The van der Waals surface area contributed by atoms with Gasteiger partial charge in [-0.05, 0) is 42.5 Å². The summed E-state index contributed by atoms with van der Waals surface area (Å²) in [6.45, 7) is 0. The summed E-state index contributed by atoms with van der Waals surface area (Å²) in [5.74, 6) is 0.964. The molecule has 3 rings (SSSR count). The first kappa shape index (κ1) is 13.2. The van der Waals surface area contributed by atoms with E-state index in [-0.39, 0.29) is 5.82 Å². The number of methoxy groups -OCH3 is 1. The number of pyridine rings is 1. The Hall–Kier alpha value is -2.82. The van der Waals surface area contributed by atoms with Gasteiger partial charge in [0.05, 0.1) is 12.5 Å². The van der Waals surface area contributed by atoms with Crippen LogP contribution in [0.3, 0.4) is 0 Å². The molecule has 3 N–H and O–H groups in total. The van der Waals surface area contributed by atoms with Gasteiger partial charge >= 0.3 is 0 Å². The standard InChI is InChI=1S/C16H14FN3O/c1-21-11-4-2-10(3-5-11)20-16-15-12(8-9-19-16)13(17)6-7-14(15)18/h2-9H,18H2,1H3,(H,19,20). The molecule has 1 heterocycles. The number of fused-ring (bicyclic) bond motifs is 1. The maximum atomic E-state index is 13.9. The number of ether oxygens (including phenoxy) is 1. The minimum absolute atomic E-state index is 0.320. The molecule has 3 aromatic rings. The molecule has 0 bridgehead atoms. The predicted octanol–water partition coefficient (Wildman–Crippen LogP) is 3.71. The first-order valence-electron chi connectivity index (χ1n) is 6.43. The second-order valence-corrected chi connectivity index (χ2v) is 4.57. The number of nitrogen functional groups attached to an aromatic ring is 1. The van der Waals surface area contributed by atoms with Crippen LogP contribution in [-0.4, -0.2) is 12.1 Å². The van der Waals surface area contributed by atoms with Crippen LogP contribution >= 0.6 is 0 Å². The maximum absolute atomic E-state index is 13.9. The zero-order valence-electron chi connectivity index (χ0n) is 11.4. The van der Waals surface area contributed by atoms with Crippen molar-refractivity contribution in [3.63, 3.8) is 0 Å². The lowest BCUT2D eigenvalue weighted by Crippen LogP contribution is -1.98. The summed E-state index contributed by atoms with van der Waals surface area (Å²) in [5, 5.41) is 4.18. The number of anilines is 3. The average molecular weight is 283 g/mol. The Morgan fingerprint density at radius 1 is 1.10 bits per heavy atom. The molecule has 5 heteroatoms. The van der Waals surface area contributed by atoms with Crippen molar-refractivity contribution in [2.45, 2.75) is 0 Å². The summed E-state index contributed by atoms with van der Waals surface area (Å²) in [6, 6.07) is 11.9. The molecule has 0 atom stereocenters. The SMILES string of the molecule is COc1ccc(Nc2nccc3c(F)ccc(N)c23)cc1. The van der Waals surface area contributed by atoms with Crippen LogP contribution in [0.25, 0.3) is 10.8 Å². The Balaban J connectivity index is 2.06. The van der Waals surface area contributed by atoms with E-state index >= 15 is 0 Å². The summed E-state index contributed by atoms with van der Waals surface area (Å²) in [7, 11) is 1.61. The quantitative estimate of drug-likeness (QED) is 0.719. The van der Waals surface area contributed by atoms with Gasteiger partial charge < -0.3 is 15.8 Å². The lowest BCUT2D eigenvalue weighted by molar-refractivity contribution is 0.415. The highest BCUT2D eigenvalue weighted by Crippen LogP contribution is 2.31. The number of hydrogen-bond acceptors (Lipinski definition) is 4. The summed E-state index contributed by atoms with van der Waals surface area (Å²) >= 11 is 0.